The highest BCUT2D eigenvalue weighted by Gasteiger charge is 2.38. The van der Waals surface area contributed by atoms with Crippen LogP contribution in [-0.4, -0.2) is 17.9 Å². The highest BCUT2D eigenvalue weighted by molar-refractivity contribution is 6.00. The lowest BCUT2D eigenvalue weighted by molar-refractivity contribution is -0.134. The second kappa shape index (κ2) is 7.42. The zero-order valence-corrected chi connectivity index (χ0v) is 18.6. The molecule has 1 aliphatic carbocycles. The lowest BCUT2D eigenvalue weighted by Gasteiger charge is -2.42. The van der Waals surface area contributed by atoms with E-state index in [0.29, 0.717) is 10.8 Å². The summed E-state index contributed by atoms with van der Waals surface area (Å²) in [5.74, 6) is -1.17. The first-order chi connectivity index (χ1) is 13.8. The molecule has 0 saturated heterocycles. The summed E-state index contributed by atoms with van der Waals surface area (Å²) in [6.07, 6.45) is 2.02. The van der Waals surface area contributed by atoms with E-state index in [1.807, 2.05) is 12.1 Å². The van der Waals surface area contributed by atoms with Crippen molar-refractivity contribution in [3.05, 3.63) is 29.3 Å². The van der Waals surface area contributed by atoms with E-state index >= 15 is 0 Å². The Morgan fingerprint density at radius 3 is 1.57 bits per heavy atom. The monoisotopic (exact) mass is 412 g/mol. The molecule has 0 aromatic heterocycles. The van der Waals surface area contributed by atoms with Gasteiger partial charge in [-0.2, -0.15) is 0 Å². The Morgan fingerprint density at radius 1 is 0.667 bits per heavy atom. The number of carbonyl (C=O) groups excluding carboxylic acids is 3. The van der Waals surface area contributed by atoms with Crippen LogP contribution in [0.3, 0.4) is 0 Å². The van der Waals surface area contributed by atoms with Gasteiger partial charge in [-0.3, -0.25) is 14.4 Å². The van der Waals surface area contributed by atoms with Gasteiger partial charge in [-0.25, -0.2) is 0 Å². The van der Waals surface area contributed by atoms with Gasteiger partial charge in [-0.15, -0.1) is 0 Å². The van der Waals surface area contributed by atoms with Crippen molar-refractivity contribution in [2.75, 3.05) is 0 Å². The molecule has 0 N–H and O–H groups in total. The van der Waals surface area contributed by atoms with Crippen LogP contribution in [0.5, 0.6) is 17.2 Å². The molecule has 0 spiro atoms. The van der Waals surface area contributed by atoms with E-state index in [4.69, 9.17) is 14.2 Å². The van der Waals surface area contributed by atoms with Gasteiger partial charge in [-0.1, -0.05) is 27.7 Å². The van der Waals surface area contributed by atoms with Crippen molar-refractivity contribution in [3.8, 4) is 17.2 Å². The Bertz CT molecular complexity index is 1060. The highest BCUT2D eigenvalue weighted by atomic mass is 16.6. The van der Waals surface area contributed by atoms with Crippen molar-refractivity contribution in [1.82, 2.24) is 0 Å². The summed E-state index contributed by atoms with van der Waals surface area (Å²) in [6.45, 7) is 12.6. The SMILES string of the molecule is CC(=O)Oc1cc(OC(C)=O)c2cc3c(cc2c1OC(C)=O)C(C)(C)CCC3(C)C. The van der Waals surface area contributed by atoms with E-state index in [9.17, 15) is 14.4 Å². The van der Waals surface area contributed by atoms with Gasteiger partial charge in [0.2, 0.25) is 0 Å². The standard InChI is InChI=1S/C24H28O6/c1-13(25)28-20-12-21(29-14(2)26)22(30-15(3)27)17-11-19-18(10-16(17)20)23(4,5)8-9-24(19,6)7/h10-12H,8-9H2,1-7H3. The maximum Gasteiger partial charge on any atom is 0.308 e. The zero-order valence-electron chi connectivity index (χ0n) is 18.6. The van der Waals surface area contributed by atoms with Crippen LogP contribution in [0.15, 0.2) is 18.2 Å². The third kappa shape index (κ3) is 4.04. The average Bonchev–Trinajstić information content (AvgIpc) is 2.60. The van der Waals surface area contributed by atoms with Gasteiger partial charge < -0.3 is 14.2 Å². The normalized spacial score (nSPS) is 16.5. The molecule has 0 amide bonds. The summed E-state index contributed by atoms with van der Waals surface area (Å²) >= 11 is 0. The van der Waals surface area contributed by atoms with Crippen LogP contribution < -0.4 is 14.2 Å². The highest BCUT2D eigenvalue weighted by Crippen LogP contribution is 2.50. The second-order valence-corrected chi connectivity index (χ2v) is 9.19. The lowest BCUT2D eigenvalue weighted by atomic mass is 9.63. The van der Waals surface area contributed by atoms with Crippen LogP contribution >= 0.6 is 0 Å². The third-order valence-electron chi connectivity index (χ3n) is 5.74. The van der Waals surface area contributed by atoms with Crippen molar-refractivity contribution in [2.24, 2.45) is 0 Å². The maximum absolute atomic E-state index is 11.8. The largest absolute Gasteiger partial charge is 0.426 e. The lowest BCUT2D eigenvalue weighted by Crippen LogP contribution is -2.33. The first-order valence-corrected chi connectivity index (χ1v) is 10.0. The maximum atomic E-state index is 11.8. The topological polar surface area (TPSA) is 78.9 Å². The van der Waals surface area contributed by atoms with E-state index in [-0.39, 0.29) is 28.1 Å². The van der Waals surface area contributed by atoms with Gasteiger partial charge in [0, 0.05) is 37.6 Å². The molecule has 30 heavy (non-hydrogen) atoms. The molecule has 2 aromatic rings. The molecule has 3 rings (SSSR count). The molecule has 2 aromatic carbocycles. The van der Waals surface area contributed by atoms with E-state index in [2.05, 4.69) is 27.7 Å². The van der Waals surface area contributed by atoms with Gasteiger partial charge in [-0.05, 0) is 46.9 Å². The Balaban J connectivity index is 2.45. The van der Waals surface area contributed by atoms with Gasteiger partial charge in [0.25, 0.3) is 0 Å². The number of fused-ring (bicyclic) bond motifs is 2. The molecule has 0 saturated carbocycles. The number of carbonyl (C=O) groups is 3. The molecule has 1 aliphatic rings. The molecule has 160 valence electrons. The fourth-order valence-corrected chi connectivity index (χ4v) is 4.12. The average molecular weight is 412 g/mol. The number of rotatable bonds is 3. The van der Waals surface area contributed by atoms with Crippen LogP contribution in [-0.2, 0) is 25.2 Å². The van der Waals surface area contributed by atoms with E-state index in [1.54, 1.807) is 0 Å². The predicted octanol–water partition coefficient (Wildman–Crippen LogP) is 4.96. The molecular formula is C24H28O6. The zero-order chi connectivity index (χ0) is 22.4. The fourth-order valence-electron chi connectivity index (χ4n) is 4.12. The van der Waals surface area contributed by atoms with Crippen molar-refractivity contribution in [1.29, 1.82) is 0 Å². The van der Waals surface area contributed by atoms with E-state index < -0.39 is 17.9 Å². The Morgan fingerprint density at radius 2 is 1.10 bits per heavy atom. The Hall–Kier alpha value is -2.89. The van der Waals surface area contributed by atoms with Gasteiger partial charge >= 0.3 is 17.9 Å². The third-order valence-corrected chi connectivity index (χ3v) is 5.74. The minimum atomic E-state index is -0.573. The predicted molar refractivity (Wildman–Crippen MR) is 113 cm³/mol. The van der Waals surface area contributed by atoms with Crippen LogP contribution in [0.25, 0.3) is 10.8 Å². The minimum absolute atomic E-state index is 0.0364. The fraction of sp³-hybridized carbons (Fsp3) is 0.458. The number of benzene rings is 2. The summed E-state index contributed by atoms with van der Waals surface area (Å²) in [7, 11) is 0. The summed E-state index contributed by atoms with van der Waals surface area (Å²) in [5, 5.41) is 1.19. The van der Waals surface area contributed by atoms with Crippen LogP contribution in [0.1, 0.15) is 72.4 Å². The van der Waals surface area contributed by atoms with Gasteiger partial charge in [0.15, 0.2) is 11.5 Å². The smallest absolute Gasteiger partial charge is 0.308 e. The molecule has 0 aliphatic heterocycles. The minimum Gasteiger partial charge on any atom is -0.426 e. The molecule has 6 heteroatoms. The molecule has 0 radical (unpaired) electrons. The van der Waals surface area contributed by atoms with Gasteiger partial charge in [0.05, 0.1) is 0 Å². The van der Waals surface area contributed by atoms with Crippen LogP contribution in [0, 0.1) is 0 Å². The summed E-state index contributed by atoms with van der Waals surface area (Å²) in [6, 6.07) is 5.41. The number of hydrogen-bond acceptors (Lipinski definition) is 6. The molecule has 0 unspecified atom stereocenters. The van der Waals surface area contributed by atoms with E-state index in [1.165, 1.54) is 26.8 Å². The molecule has 0 heterocycles. The number of hydrogen-bond donors (Lipinski definition) is 0. The molecule has 0 bridgehead atoms. The first-order valence-electron chi connectivity index (χ1n) is 10.0. The van der Waals surface area contributed by atoms with Crippen LogP contribution in [0.2, 0.25) is 0 Å². The molecule has 6 nitrogen and oxygen atoms in total. The number of esters is 3. The Labute approximate surface area is 176 Å². The molecule has 0 fully saturated rings. The first kappa shape index (κ1) is 21.8. The van der Waals surface area contributed by atoms with Gasteiger partial charge in [0.1, 0.15) is 5.75 Å². The van der Waals surface area contributed by atoms with E-state index in [0.717, 1.165) is 24.0 Å². The summed E-state index contributed by atoms with van der Waals surface area (Å²) in [5.41, 5.74) is 2.14. The van der Waals surface area contributed by atoms with Crippen molar-refractivity contribution in [3.63, 3.8) is 0 Å². The van der Waals surface area contributed by atoms with Crippen LogP contribution in [0.4, 0.5) is 0 Å². The second-order valence-electron chi connectivity index (χ2n) is 9.19. The Kier molecular flexibility index (Phi) is 5.39. The van der Waals surface area contributed by atoms with Crippen molar-refractivity contribution < 1.29 is 28.6 Å². The molecular weight excluding hydrogens is 384 g/mol. The molecule has 0 atom stereocenters. The summed E-state index contributed by atoms with van der Waals surface area (Å²) in [4.78, 5) is 35.3. The number of ether oxygens (including phenoxy) is 3. The van der Waals surface area contributed by atoms with Crippen molar-refractivity contribution in [2.45, 2.75) is 72.1 Å². The quantitative estimate of drug-likeness (QED) is 0.523. The van der Waals surface area contributed by atoms with Crippen molar-refractivity contribution >= 4 is 28.7 Å². The summed E-state index contributed by atoms with van der Waals surface area (Å²) < 4.78 is 16.2.